The van der Waals surface area contributed by atoms with E-state index in [1.807, 2.05) is 54.7 Å². The van der Waals surface area contributed by atoms with E-state index in [4.69, 9.17) is 24.3 Å². The first-order valence-corrected chi connectivity index (χ1v) is 26.7. The number of carbonyl (C=O) groups excluding carboxylic acids is 1. The molecule has 1 fully saturated rings. The van der Waals surface area contributed by atoms with E-state index in [9.17, 15) is 9.90 Å². The Morgan fingerprint density at radius 3 is 2.13 bits per heavy atom. The smallest absolute Gasteiger partial charge is 0.410 e. The number of ether oxygens (including phenoxy) is 3. The van der Waals surface area contributed by atoms with Gasteiger partial charge in [0.15, 0.2) is 5.65 Å². The van der Waals surface area contributed by atoms with E-state index < -0.39 is 27.3 Å². The van der Waals surface area contributed by atoms with Crippen molar-refractivity contribution < 1.29 is 24.1 Å². The number of anilines is 1. The van der Waals surface area contributed by atoms with Gasteiger partial charge in [-0.15, -0.1) is 0 Å². The normalized spacial score (nSPS) is 15.2. The monoisotopic (exact) mass is 754 g/mol. The number of pyridine rings is 1. The summed E-state index contributed by atoms with van der Waals surface area (Å²) in [5, 5.41) is 15.5. The molecule has 1 atom stereocenters. The van der Waals surface area contributed by atoms with Gasteiger partial charge in [0.25, 0.3) is 0 Å². The average Bonchev–Trinajstić information content (AvgIpc) is 3.66. The highest BCUT2D eigenvalue weighted by atomic mass is 28.3. The van der Waals surface area contributed by atoms with Gasteiger partial charge in [-0.3, -0.25) is 4.98 Å². The van der Waals surface area contributed by atoms with Crippen molar-refractivity contribution in [1.82, 2.24) is 24.5 Å². The summed E-state index contributed by atoms with van der Waals surface area (Å²) in [5.41, 5.74) is 2.69. The highest BCUT2D eigenvalue weighted by Gasteiger charge is 2.43. The quantitative estimate of drug-likeness (QED) is 0.0689. The lowest BCUT2D eigenvalue weighted by molar-refractivity contribution is 0.0147. The first-order valence-electron chi connectivity index (χ1n) is 19.3. The molecule has 52 heavy (non-hydrogen) atoms. The van der Waals surface area contributed by atoms with Gasteiger partial charge in [0.1, 0.15) is 30.5 Å². The molecular weight excluding hydrogens is 689 g/mol. The molecule has 1 saturated carbocycles. The van der Waals surface area contributed by atoms with Gasteiger partial charge in [0.2, 0.25) is 0 Å². The minimum absolute atomic E-state index is 0.00321. The van der Waals surface area contributed by atoms with Gasteiger partial charge < -0.3 is 29.1 Å². The summed E-state index contributed by atoms with van der Waals surface area (Å²) in [5.74, 6) is 0.842. The van der Waals surface area contributed by atoms with E-state index in [0.717, 1.165) is 66.8 Å². The Labute approximate surface area is 314 Å². The summed E-state index contributed by atoms with van der Waals surface area (Å²) in [6.07, 6.45) is 7.89. The zero-order chi connectivity index (χ0) is 38.3. The van der Waals surface area contributed by atoms with E-state index in [-0.39, 0.29) is 12.1 Å². The Bertz CT molecular complexity index is 1570. The van der Waals surface area contributed by atoms with Crippen LogP contribution in [0.15, 0.2) is 30.6 Å². The van der Waals surface area contributed by atoms with Crippen LogP contribution in [0.2, 0.25) is 51.4 Å². The number of amides is 1. The summed E-state index contributed by atoms with van der Waals surface area (Å²) in [7, 11) is -2.56. The topological polar surface area (TPSA) is 115 Å². The van der Waals surface area contributed by atoms with E-state index in [2.05, 4.69) is 69.1 Å². The van der Waals surface area contributed by atoms with Crippen LogP contribution < -0.4 is 4.90 Å². The first kappa shape index (κ1) is 41.9. The highest BCUT2D eigenvalue weighted by molar-refractivity contribution is 6.76. The summed E-state index contributed by atoms with van der Waals surface area (Å²) < 4.78 is 20.4. The molecule has 13 heteroatoms. The fourth-order valence-corrected chi connectivity index (χ4v) is 7.42. The lowest BCUT2D eigenvalue weighted by Gasteiger charge is -2.33. The van der Waals surface area contributed by atoms with Crippen molar-refractivity contribution in [3.8, 4) is 11.1 Å². The number of aromatic nitrogens is 4. The second kappa shape index (κ2) is 17.5. The molecule has 0 radical (unpaired) electrons. The molecule has 0 saturated heterocycles. The van der Waals surface area contributed by atoms with Crippen molar-refractivity contribution in [2.45, 2.75) is 142 Å². The Hall–Kier alpha value is -2.85. The summed E-state index contributed by atoms with van der Waals surface area (Å²) >= 11 is 0. The van der Waals surface area contributed by atoms with Crippen LogP contribution in [0.4, 0.5) is 10.6 Å². The van der Waals surface area contributed by atoms with Gasteiger partial charge in [-0.1, -0.05) is 59.2 Å². The average molecular weight is 755 g/mol. The van der Waals surface area contributed by atoms with Gasteiger partial charge in [0, 0.05) is 71.0 Å². The second-order valence-electron chi connectivity index (χ2n) is 17.9. The standard InChI is InChI=1S/C39H66N6O5Si2/c1-12-20-44(37(46)50-38(3,4)5)32(13-2)16-15-31-25-35(43(28-48-21-23-51(6,7)8)29-49-22-24-52(9,10)11)45-36(42-31)33(27-41-45)30-14-17-34(40-26-30)39(47)18-19-39/h14,17,25-27,32,47H,12-13,15-16,18-24,28-29H2,1-11H3/t32-/m1/s1. The largest absolute Gasteiger partial charge is 0.444 e. The first-order chi connectivity index (χ1) is 24.3. The molecule has 1 N–H and O–H groups in total. The number of fused-ring (bicyclic) bond motifs is 1. The second-order valence-corrected chi connectivity index (χ2v) is 29.1. The zero-order valence-electron chi connectivity index (χ0n) is 33.9. The Morgan fingerprint density at radius 2 is 1.63 bits per heavy atom. The fourth-order valence-electron chi connectivity index (χ4n) is 5.91. The van der Waals surface area contributed by atoms with Crippen molar-refractivity contribution >= 4 is 33.7 Å². The number of aryl methyl sites for hydroxylation is 1. The maximum absolute atomic E-state index is 13.3. The van der Waals surface area contributed by atoms with Crippen LogP contribution in [-0.4, -0.2) is 96.7 Å². The van der Waals surface area contributed by atoms with Gasteiger partial charge in [-0.25, -0.2) is 9.78 Å². The Balaban J connectivity index is 1.71. The summed E-state index contributed by atoms with van der Waals surface area (Å²) in [6, 6.07) is 8.15. The molecule has 3 aromatic heterocycles. The predicted molar refractivity (Wildman–Crippen MR) is 215 cm³/mol. The van der Waals surface area contributed by atoms with Crippen LogP contribution >= 0.6 is 0 Å². The molecule has 0 aromatic carbocycles. The number of aliphatic hydroxyl groups is 1. The number of nitrogens with zero attached hydrogens (tertiary/aromatic N) is 6. The van der Waals surface area contributed by atoms with Crippen LogP contribution in [0.1, 0.15) is 78.1 Å². The molecule has 0 unspecified atom stereocenters. The minimum Gasteiger partial charge on any atom is -0.444 e. The van der Waals surface area contributed by atoms with E-state index in [0.29, 0.717) is 51.0 Å². The molecule has 1 amide bonds. The summed E-state index contributed by atoms with van der Waals surface area (Å²) in [4.78, 5) is 27.2. The van der Waals surface area contributed by atoms with Crippen molar-refractivity contribution in [1.29, 1.82) is 0 Å². The van der Waals surface area contributed by atoms with Crippen LogP contribution in [0.3, 0.4) is 0 Å². The van der Waals surface area contributed by atoms with E-state index in [1.54, 1.807) is 0 Å². The van der Waals surface area contributed by atoms with Crippen LogP contribution in [0.25, 0.3) is 16.8 Å². The van der Waals surface area contributed by atoms with E-state index >= 15 is 0 Å². The van der Waals surface area contributed by atoms with Crippen LogP contribution in [0.5, 0.6) is 0 Å². The lowest BCUT2D eigenvalue weighted by Crippen LogP contribution is -2.44. The van der Waals surface area contributed by atoms with Crippen LogP contribution in [0, 0.1) is 0 Å². The number of hydrogen-bond donors (Lipinski definition) is 1. The third kappa shape index (κ3) is 12.4. The van der Waals surface area contributed by atoms with Crippen molar-refractivity contribution in [2.24, 2.45) is 0 Å². The van der Waals surface area contributed by atoms with Crippen molar-refractivity contribution in [3.05, 3.63) is 42.0 Å². The molecule has 11 nitrogen and oxygen atoms in total. The van der Waals surface area contributed by atoms with Gasteiger partial charge in [-0.2, -0.15) is 9.61 Å². The lowest BCUT2D eigenvalue weighted by atomic mass is 10.0. The maximum Gasteiger partial charge on any atom is 0.410 e. The van der Waals surface area contributed by atoms with Gasteiger partial charge >= 0.3 is 6.09 Å². The zero-order valence-corrected chi connectivity index (χ0v) is 35.9. The molecule has 1 aliphatic rings. The Kier molecular flexibility index (Phi) is 14.1. The van der Waals surface area contributed by atoms with E-state index in [1.165, 1.54) is 0 Å². The molecule has 1 aliphatic carbocycles. The van der Waals surface area contributed by atoms with Crippen LogP contribution in [-0.2, 0) is 26.2 Å². The maximum atomic E-state index is 13.3. The number of rotatable bonds is 20. The van der Waals surface area contributed by atoms with Crippen molar-refractivity contribution in [3.63, 3.8) is 0 Å². The molecule has 3 aromatic rings. The third-order valence-corrected chi connectivity index (χ3v) is 12.7. The molecule has 290 valence electrons. The van der Waals surface area contributed by atoms with Crippen molar-refractivity contribution in [2.75, 3.05) is 38.1 Å². The Morgan fingerprint density at radius 1 is 1.00 bits per heavy atom. The molecule has 0 aliphatic heterocycles. The highest BCUT2D eigenvalue weighted by Crippen LogP contribution is 2.44. The molecular formula is C39H66N6O5Si2. The molecule has 0 bridgehead atoms. The SMILES string of the molecule is CCCN(C(=O)OC(C)(C)C)[C@H](CC)CCc1cc(N(COCC[Si](C)(C)C)COCC[Si](C)(C)C)n2ncc(-c3ccc(C4(O)CC4)nc3)c2n1. The van der Waals surface area contributed by atoms with Gasteiger partial charge in [-0.05, 0) is 77.5 Å². The molecule has 3 heterocycles. The number of carbonyl (C=O) groups is 1. The molecule has 0 spiro atoms. The predicted octanol–water partition coefficient (Wildman–Crippen LogP) is 8.56. The van der Waals surface area contributed by atoms with Gasteiger partial charge in [0.05, 0.1) is 11.9 Å². The third-order valence-electron chi connectivity index (χ3n) is 9.33. The summed E-state index contributed by atoms with van der Waals surface area (Å²) in [6.45, 7) is 26.8. The fraction of sp³-hybridized carbons (Fsp3) is 0.692. The number of hydrogen-bond acceptors (Lipinski definition) is 9. The molecule has 4 rings (SSSR count). The minimum atomic E-state index is -1.28.